The lowest BCUT2D eigenvalue weighted by atomic mass is 10.2. The van der Waals surface area contributed by atoms with E-state index in [0.29, 0.717) is 18.9 Å². The standard InChI is InChI=1S/C13H17ClN2O2S/c1-10(2)13-15-11-6-3-4-7-12(11)16(13)8-5-9-19(14,17)18/h3-4,6-7,10H,5,8-9H2,1-2H3. The molecule has 0 saturated heterocycles. The third kappa shape index (κ3) is 3.48. The average molecular weight is 301 g/mol. The van der Waals surface area contributed by atoms with Gasteiger partial charge in [0.05, 0.1) is 16.8 Å². The second kappa shape index (κ2) is 5.51. The number of halogens is 1. The first-order valence-corrected chi connectivity index (χ1v) is 8.74. The van der Waals surface area contributed by atoms with Crippen LogP contribution in [0.1, 0.15) is 32.0 Å². The van der Waals surface area contributed by atoms with E-state index in [2.05, 4.69) is 23.4 Å². The molecule has 0 spiro atoms. The van der Waals surface area contributed by atoms with Crippen LogP contribution in [-0.2, 0) is 15.6 Å². The zero-order valence-electron chi connectivity index (χ0n) is 11.0. The van der Waals surface area contributed by atoms with Crippen LogP contribution in [0.15, 0.2) is 24.3 Å². The molecule has 104 valence electrons. The lowest BCUT2D eigenvalue weighted by Gasteiger charge is -2.10. The van der Waals surface area contributed by atoms with Gasteiger partial charge < -0.3 is 4.57 Å². The first-order chi connectivity index (χ1) is 8.88. The van der Waals surface area contributed by atoms with Gasteiger partial charge in [-0.1, -0.05) is 26.0 Å². The number of rotatable bonds is 5. The number of para-hydroxylation sites is 2. The van der Waals surface area contributed by atoms with Gasteiger partial charge >= 0.3 is 0 Å². The summed E-state index contributed by atoms with van der Waals surface area (Å²) in [5.41, 5.74) is 1.98. The quantitative estimate of drug-likeness (QED) is 0.797. The minimum Gasteiger partial charge on any atom is -0.328 e. The van der Waals surface area contributed by atoms with E-state index < -0.39 is 9.05 Å². The van der Waals surface area contributed by atoms with E-state index >= 15 is 0 Å². The van der Waals surface area contributed by atoms with Gasteiger partial charge in [-0.3, -0.25) is 0 Å². The van der Waals surface area contributed by atoms with Crippen molar-refractivity contribution < 1.29 is 8.42 Å². The van der Waals surface area contributed by atoms with Crippen LogP contribution in [0.25, 0.3) is 11.0 Å². The molecule has 0 N–H and O–H groups in total. The monoisotopic (exact) mass is 300 g/mol. The topological polar surface area (TPSA) is 52.0 Å². The molecule has 1 aromatic heterocycles. The summed E-state index contributed by atoms with van der Waals surface area (Å²) in [5, 5.41) is 0. The average Bonchev–Trinajstić information content (AvgIpc) is 2.67. The highest BCUT2D eigenvalue weighted by atomic mass is 35.7. The van der Waals surface area contributed by atoms with Crippen molar-refractivity contribution in [1.29, 1.82) is 0 Å². The highest BCUT2D eigenvalue weighted by Gasteiger charge is 2.14. The van der Waals surface area contributed by atoms with Crippen LogP contribution < -0.4 is 0 Å². The Labute approximate surface area is 117 Å². The molecule has 1 heterocycles. The van der Waals surface area contributed by atoms with E-state index in [1.165, 1.54) is 0 Å². The molecule has 0 aliphatic carbocycles. The van der Waals surface area contributed by atoms with Crippen LogP contribution in [0.4, 0.5) is 0 Å². The molecule has 1 aromatic carbocycles. The van der Waals surface area contributed by atoms with Crippen molar-refractivity contribution in [2.45, 2.75) is 32.7 Å². The van der Waals surface area contributed by atoms with Gasteiger partial charge in [0.25, 0.3) is 0 Å². The minimum atomic E-state index is -3.43. The number of nitrogens with zero attached hydrogens (tertiary/aromatic N) is 2. The summed E-state index contributed by atoms with van der Waals surface area (Å²) >= 11 is 0. The van der Waals surface area contributed by atoms with E-state index in [1.807, 2.05) is 24.3 Å². The van der Waals surface area contributed by atoms with E-state index in [-0.39, 0.29) is 5.75 Å². The summed E-state index contributed by atoms with van der Waals surface area (Å²) < 4.78 is 24.1. The summed E-state index contributed by atoms with van der Waals surface area (Å²) in [6.45, 7) is 4.77. The third-order valence-corrected chi connectivity index (χ3v) is 4.21. The minimum absolute atomic E-state index is 0.0153. The fourth-order valence-corrected chi connectivity index (χ4v) is 2.97. The van der Waals surface area contributed by atoms with Crippen molar-refractivity contribution in [2.24, 2.45) is 0 Å². The first kappa shape index (κ1) is 14.3. The fourth-order valence-electron chi connectivity index (χ4n) is 2.16. The van der Waals surface area contributed by atoms with Crippen LogP contribution in [-0.4, -0.2) is 23.7 Å². The van der Waals surface area contributed by atoms with Crippen molar-refractivity contribution in [3.8, 4) is 0 Å². The molecule has 0 fully saturated rings. The van der Waals surface area contributed by atoms with E-state index in [1.54, 1.807) is 0 Å². The lowest BCUT2D eigenvalue weighted by Crippen LogP contribution is -2.08. The van der Waals surface area contributed by atoms with Crippen molar-refractivity contribution >= 4 is 30.8 Å². The molecular formula is C13H17ClN2O2S. The lowest BCUT2D eigenvalue weighted by molar-refractivity contribution is 0.592. The maximum absolute atomic E-state index is 11.0. The maximum Gasteiger partial charge on any atom is 0.232 e. The van der Waals surface area contributed by atoms with Crippen molar-refractivity contribution in [1.82, 2.24) is 9.55 Å². The molecule has 2 aromatic rings. The van der Waals surface area contributed by atoms with Gasteiger partial charge in [-0.05, 0) is 18.6 Å². The number of hydrogen-bond acceptors (Lipinski definition) is 3. The summed E-state index contributed by atoms with van der Waals surface area (Å²) in [4.78, 5) is 4.61. The number of fused-ring (bicyclic) bond motifs is 1. The SMILES string of the molecule is CC(C)c1nc2ccccc2n1CCCS(=O)(=O)Cl. The van der Waals surface area contributed by atoms with Gasteiger partial charge in [-0.2, -0.15) is 0 Å². The Morgan fingerprint density at radius 1 is 1.32 bits per heavy atom. The molecule has 0 aliphatic heterocycles. The molecule has 0 aliphatic rings. The number of benzene rings is 1. The number of aromatic nitrogens is 2. The molecule has 0 bridgehead atoms. The van der Waals surface area contributed by atoms with Crippen molar-refractivity contribution in [3.63, 3.8) is 0 Å². The molecule has 0 saturated carbocycles. The number of aryl methyl sites for hydroxylation is 1. The maximum atomic E-state index is 11.0. The van der Waals surface area contributed by atoms with Gasteiger partial charge in [0, 0.05) is 23.1 Å². The van der Waals surface area contributed by atoms with Crippen molar-refractivity contribution in [2.75, 3.05) is 5.75 Å². The Hall–Kier alpha value is -1.07. The highest BCUT2D eigenvalue weighted by molar-refractivity contribution is 8.13. The number of imidazole rings is 1. The van der Waals surface area contributed by atoms with Gasteiger partial charge in [-0.15, -0.1) is 0 Å². The molecule has 19 heavy (non-hydrogen) atoms. The molecule has 6 heteroatoms. The molecule has 0 radical (unpaired) electrons. The van der Waals surface area contributed by atoms with E-state index in [9.17, 15) is 8.42 Å². The second-order valence-electron chi connectivity index (χ2n) is 4.86. The summed E-state index contributed by atoms with van der Waals surface area (Å²) in [6, 6.07) is 7.88. The van der Waals surface area contributed by atoms with Crippen LogP contribution in [0.2, 0.25) is 0 Å². The van der Waals surface area contributed by atoms with Crippen LogP contribution in [0, 0.1) is 0 Å². The summed E-state index contributed by atoms with van der Waals surface area (Å²) in [5.74, 6) is 1.26. The van der Waals surface area contributed by atoms with Crippen LogP contribution in [0.5, 0.6) is 0 Å². The molecule has 4 nitrogen and oxygen atoms in total. The highest BCUT2D eigenvalue weighted by Crippen LogP contribution is 2.22. The van der Waals surface area contributed by atoms with Crippen molar-refractivity contribution in [3.05, 3.63) is 30.1 Å². The smallest absolute Gasteiger partial charge is 0.232 e. The second-order valence-corrected chi connectivity index (χ2v) is 7.76. The third-order valence-electron chi connectivity index (χ3n) is 2.97. The normalized spacial score (nSPS) is 12.4. The zero-order valence-corrected chi connectivity index (χ0v) is 12.6. The van der Waals surface area contributed by atoms with E-state index in [0.717, 1.165) is 16.9 Å². The van der Waals surface area contributed by atoms with Gasteiger partial charge in [0.15, 0.2) is 0 Å². The fraction of sp³-hybridized carbons (Fsp3) is 0.462. The van der Waals surface area contributed by atoms with Crippen LogP contribution in [0.3, 0.4) is 0 Å². The first-order valence-electron chi connectivity index (χ1n) is 6.26. The Balaban J connectivity index is 2.31. The number of hydrogen-bond donors (Lipinski definition) is 0. The van der Waals surface area contributed by atoms with Crippen LogP contribution >= 0.6 is 10.7 Å². The largest absolute Gasteiger partial charge is 0.328 e. The molecule has 0 atom stereocenters. The van der Waals surface area contributed by atoms with Gasteiger partial charge in [-0.25, -0.2) is 13.4 Å². The van der Waals surface area contributed by atoms with Gasteiger partial charge in [0.1, 0.15) is 5.82 Å². The predicted molar refractivity (Wildman–Crippen MR) is 78.1 cm³/mol. The molecule has 0 unspecified atom stereocenters. The van der Waals surface area contributed by atoms with E-state index in [4.69, 9.17) is 10.7 Å². The predicted octanol–water partition coefficient (Wildman–Crippen LogP) is 3.12. The summed E-state index contributed by atoms with van der Waals surface area (Å²) in [6.07, 6.45) is 0.492. The Kier molecular flexibility index (Phi) is 4.16. The molecule has 2 rings (SSSR count). The Morgan fingerprint density at radius 3 is 2.63 bits per heavy atom. The molecule has 0 amide bonds. The Bertz CT molecular complexity index is 677. The van der Waals surface area contributed by atoms with Gasteiger partial charge in [0.2, 0.25) is 9.05 Å². The summed E-state index contributed by atoms with van der Waals surface area (Å²) in [7, 11) is 1.82. The Morgan fingerprint density at radius 2 is 2.00 bits per heavy atom. The molecular weight excluding hydrogens is 284 g/mol. The zero-order chi connectivity index (χ0) is 14.0.